The SMILES string of the molecule is Cc1ccc(NC(=O)C2(c3ccc4c(c3)OCO4)CC2)cc1-c1ccc(S(=O)(=O)NC2CCC2)cc1. The standard InChI is InChI=1S/C28H28N2O5S/c1-18-5-9-22(29-27(31)28(13-14-28)20-8-12-25-26(15-20)35-17-34-25)16-24(18)19-6-10-23(11-7-19)36(32,33)30-21-3-2-4-21/h5-12,15-16,21,30H,2-4,13-14,17H2,1H3,(H,29,31). The number of amides is 1. The number of ether oxygens (including phenoxy) is 2. The minimum atomic E-state index is -3.52. The molecule has 186 valence electrons. The summed E-state index contributed by atoms with van der Waals surface area (Å²) in [6.45, 7) is 2.20. The average molecular weight is 505 g/mol. The Morgan fingerprint density at radius 3 is 2.39 bits per heavy atom. The zero-order valence-corrected chi connectivity index (χ0v) is 20.9. The van der Waals surface area contributed by atoms with Crippen LogP contribution in [0.15, 0.2) is 65.6 Å². The molecule has 1 heterocycles. The van der Waals surface area contributed by atoms with Gasteiger partial charge in [-0.15, -0.1) is 0 Å². The largest absolute Gasteiger partial charge is 0.454 e. The number of sulfonamides is 1. The third kappa shape index (κ3) is 4.14. The Morgan fingerprint density at radius 1 is 0.944 bits per heavy atom. The molecule has 3 aromatic carbocycles. The molecule has 0 spiro atoms. The van der Waals surface area contributed by atoms with Crippen molar-refractivity contribution in [1.82, 2.24) is 4.72 Å². The number of hydrogen-bond donors (Lipinski definition) is 2. The molecule has 8 heteroatoms. The number of benzene rings is 3. The van der Waals surface area contributed by atoms with Crippen LogP contribution >= 0.6 is 0 Å². The highest BCUT2D eigenvalue weighted by Crippen LogP contribution is 2.51. The molecule has 0 atom stereocenters. The minimum absolute atomic E-state index is 0.0420. The summed E-state index contributed by atoms with van der Waals surface area (Å²) in [5.41, 5.74) is 3.95. The van der Waals surface area contributed by atoms with Crippen molar-refractivity contribution in [2.75, 3.05) is 12.1 Å². The van der Waals surface area contributed by atoms with Crippen molar-refractivity contribution in [2.45, 2.75) is 55.4 Å². The monoisotopic (exact) mass is 504 g/mol. The Hall–Kier alpha value is -3.36. The molecule has 2 saturated carbocycles. The van der Waals surface area contributed by atoms with E-state index in [2.05, 4.69) is 10.0 Å². The van der Waals surface area contributed by atoms with E-state index in [0.29, 0.717) is 17.2 Å². The number of rotatable bonds is 7. The van der Waals surface area contributed by atoms with Crippen molar-refractivity contribution in [3.63, 3.8) is 0 Å². The molecule has 3 aliphatic rings. The van der Waals surface area contributed by atoms with E-state index in [0.717, 1.165) is 54.4 Å². The normalized spacial score (nSPS) is 17.9. The van der Waals surface area contributed by atoms with Crippen LogP contribution in [0.2, 0.25) is 0 Å². The van der Waals surface area contributed by atoms with Gasteiger partial charge in [0.25, 0.3) is 0 Å². The molecule has 0 bridgehead atoms. The van der Waals surface area contributed by atoms with Crippen molar-refractivity contribution < 1.29 is 22.7 Å². The van der Waals surface area contributed by atoms with Crippen LogP contribution in [0.3, 0.4) is 0 Å². The van der Waals surface area contributed by atoms with Crippen molar-refractivity contribution in [3.8, 4) is 22.6 Å². The van der Waals surface area contributed by atoms with Crippen molar-refractivity contribution in [3.05, 3.63) is 71.8 Å². The second-order valence-electron chi connectivity index (χ2n) is 9.91. The van der Waals surface area contributed by atoms with Gasteiger partial charge in [0.05, 0.1) is 10.3 Å². The summed E-state index contributed by atoms with van der Waals surface area (Å²) in [4.78, 5) is 13.6. The van der Waals surface area contributed by atoms with Crippen molar-refractivity contribution >= 4 is 21.6 Å². The second kappa shape index (κ2) is 8.64. The molecule has 1 amide bonds. The fourth-order valence-electron chi connectivity index (χ4n) is 4.85. The lowest BCUT2D eigenvalue weighted by molar-refractivity contribution is -0.118. The van der Waals surface area contributed by atoms with Gasteiger partial charge in [0.2, 0.25) is 22.7 Å². The third-order valence-electron chi connectivity index (χ3n) is 7.51. The van der Waals surface area contributed by atoms with E-state index in [9.17, 15) is 13.2 Å². The lowest BCUT2D eigenvalue weighted by atomic mass is 9.94. The lowest BCUT2D eigenvalue weighted by Crippen LogP contribution is -2.39. The van der Waals surface area contributed by atoms with Crippen LogP contribution in [0.1, 0.15) is 43.2 Å². The zero-order valence-electron chi connectivity index (χ0n) is 20.0. The smallest absolute Gasteiger partial charge is 0.240 e. The van der Waals surface area contributed by atoms with Gasteiger partial charge in [-0.2, -0.15) is 0 Å². The van der Waals surface area contributed by atoms with Crippen LogP contribution in [-0.4, -0.2) is 27.2 Å². The maximum absolute atomic E-state index is 13.3. The molecule has 0 saturated heterocycles. The van der Waals surface area contributed by atoms with Gasteiger partial charge in [0.1, 0.15) is 0 Å². The Labute approximate surface area is 210 Å². The van der Waals surface area contributed by atoms with Gasteiger partial charge in [-0.3, -0.25) is 4.79 Å². The topological polar surface area (TPSA) is 93.7 Å². The highest BCUT2D eigenvalue weighted by Gasteiger charge is 2.51. The predicted octanol–water partition coefficient (Wildman–Crippen LogP) is 4.89. The van der Waals surface area contributed by atoms with Crippen molar-refractivity contribution in [2.24, 2.45) is 0 Å². The lowest BCUT2D eigenvalue weighted by Gasteiger charge is -2.26. The van der Waals surface area contributed by atoms with Gasteiger partial charge in [-0.1, -0.05) is 30.7 Å². The number of aryl methyl sites for hydroxylation is 1. The van der Waals surface area contributed by atoms with Gasteiger partial charge in [-0.25, -0.2) is 13.1 Å². The van der Waals surface area contributed by atoms with Gasteiger partial charge in [0.15, 0.2) is 11.5 Å². The predicted molar refractivity (Wildman–Crippen MR) is 137 cm³/mol. The molecule has 36 heavy (non-hydrogen) atoms. The number of carbonyl (C=O) groups excluding carboxylic acids is 1. The first-order chi connectivity index (χ1) is 17.3. The molecule has 0 aromatic heterocycles. The molecule has 2 aliphatic carbocycles. The molecule has 0 radical (unpaired) electrons. The Kier molecular flexibility index (Phi) is 5.53. The van der Waals surface area contributed by atoms with Crippen molar-refractivity contribution in [1.29, 1.82) is 0 Å². The summed E-state index contributed by atoms with van der Waals surface area (Å²) >= 11 is 0. The summed E-state index contributed by atoms with van der Waals surface area (Å²) in [7, 11) is -3.52. The molecule has 3 aromatic rings. The molecule has 2 N–H and O–H groups in total. The van der Waals surface area contributed by atoms with Crippen LogP contribution in [0.25, 0.3) is 11.1 Å². The van der Waals surface area contributed by atoms with E-state index in [1.807, 2.05) is 55.5 Å². The van der Waals surface area contributed by atoms with Crippen LogP contribution in [0.4, 0.5) is 5.69 Å². The molecular weight excluding hydrogens is 476 g/mol. The van der Waals surface area contributed by atoms with E-state index < -0.39 is 15.4 Å². The number of nitrogens with one attached hydrogen (secondary N) is 2. The minimum Gasteiger partial charge on any atom is -0.454 e. The van der Waals surface area contributed by atoms with Gasteiger partial charge in [0, 0.05) is 11.7 Å². The number of carbonyl (C=O) groups is 1. The summed E-state index contributed by atoms with van der Waals surface area (Å²) in [6, 6.07) is 18.5. The second-order valence-corrected chi connectivity index (χ2v) is 11.6. The van der Waals surface area contributed by atoms with Crippen LogP contribution < -0.4 is 19.5 Å². The van der Waals surface area contributed by atoms with E-state index in [1.54, 1.807) is 12.1 Å². The van der Waals surface area contributed by atoms with E-state index in [4.69, 9.17) is 9.47 Å². The van der Waals surface area contributed by atoms with Crippen LogP contribution in [0, 0.1) is 6.92 Å². The average Bonchev–Trinajstić information content (AvgIpc) is 3.53. The fraction of sp³-hybridized carbons (Fsp3) is 0.321. The van der Waals surface area contributed by atoms with E-state index >= 15 is 0 Å². The highest BCUT2D eigenvalue weighted by atomic mass is 32.2. The first-order valence-electron chi connectivity index (χ1n) is 12.3. The Balaban J connectivity index is 1.21. The van der Waals surface area contributed by atoms with Crippen LogP contribution in [-0.2, 0) is 20.2 Å². The maximum atomic E-state index is 13.3. The van der Waals surface area contributed by atoms with Gasteiger partial charge < -0.3 is 14.8 Å². The van der Waals surface area contributed by atoms with Gasteiger partial charge >= 0.3 is 0 Å². The molecule has 2 fully saturated rings. The zero-order chi connectivity index (χ0) is 24.9. The third-order valence-corrected chi connectivity index (χ3v) is 9.04. The highest BCUT2D eigenvalue weighted by molar-refractivity contribution is 7.89. The quantitative estimate of drug-likeness (QED) is 0.478. The Morgan fingerprint density at radius 2 is 1.69 bits per heavy atom. The molecule has 0 unspecified atom stereocenters. The first-order valence-corrected chi connectivity index (χ1v) is 13.8. The van der Waals surface area contributed by atoms with Crippen LogP contribution in [0.5, 0.6) is 11.5 Å². The molecule has 7 nitrogen and oxygen atoms in total. The summed E-state index contributed by atoms with van der Waals surface area (Å²) in [5, 5.41) is 3.10. The molecule has 6 rings (SSSR count). The molecular formula is C28H28N2O5S. The number of fused-ring (bicyclic) bond motifs is 1. The molecule has 1 aliphatic heterocycles. The number of anilines is 1. The first kappa shape index (κ1) is 23.1. The maximum Gasteiger partial charge on any atom is 0.240 e. The fourth-order valence-corrected chi connectivity index (χ4v) is 6.16. The van der Waals surface area contributed by atoms with Gasteiger partial charge in [-0.05, 0) is 91.3 Å². The summed E-state index contributed by atoms with van der Waals surface area (Å²) < 4.78 is 38.9. The van der Waals surface area contributed by atoms with E-state index in [-0.39, 0.29) is 23.6 Å². The Bertz CT molecular complexity index is 1440. The van der Waals surface area contributed by atoms with E-state index in [1.165, 1.54) is 0 Å². The summed E-state index contributed by atoms with van der Waals surface area (Å²) in [5.74, 6) is 1.34. The number of hydrogen-bond acceptors (Lipinski definition) is 5. The summed E-state index contributed by atoms with van der Waals surface area (Å²) in [6.07, 6.45) is 4.41.